The Balaban J connectivity index is 1.64. The molecule has 24 heavy (non-hydrogen) atoms. The van der Waals surface area contributed by atoms with Crippen molar-refractivity contribution in [1.29, 1.82) is 0 Å². The molecular weight excluding hydrogens is 302 g/mol. The largest absolute Gasteiger partial charge is 0.392 e. The predicted octanol–water partition coefficient (Wildman–Crippen LogP) is 1.27. The fourth-order valence-electron chi connectivity index (χ4n) is 9.37. The van der Waals surface area contributed by atoms with Gasteiger partial charge in [0.15, 0.2) is 0 Å². The van der Waals surface area contributed by atoms with Crippen LogP contribution in [0, 0.1) is 39.9 Å². The van der Waals surface area contributed by atoms with Gasteiger partial charge in [0.05, 0.1) is 12.2 Å². The lowest BCUT2D eigenvalue weighted by Gasteiger charge is -2.66. The zero-order valence-electron chi connectivity index (χ0n) is 14.3. The van der Waals surface area contributed by atoms with Crippen LogP contribution < -0.4 is 5.32 Å². The van der Waals surface area contributed by atoms with Crippen LogP contribution in [0.15, 0.2) is 12.2 Å². The molecule has 1 heterocycles. The van der Waals surface area contributed by atoms with Gasteiger partial charge in [-0.1, -0.05) is 19.1 Å². The van der Waals surface area contributed by atoms with E-state index in [0.29, 0.717) is 24.5 Å². The summed E-state index contributed by atoms with van der Waals surface area (Å²) in [4.78, 5) is 12.8. The van der Waals surface area contributed by atoms with E-state index in [4.69, 9.17) is 0 Å². The van der Waals surface area contributed by atoms with Crippen molar-refractivity contribution in [3.05, 3.63) is 12.2 Å². The van der Waals surface area contributed by atoms with Gasteiger partial charge in [0.2, 0.25) is 0 Å². The minimum absolute atomic E-state index is 0.0197. The maximum atomic E-state index is 12.8. The van der Waals surface area contributed by atoms with Crippen LogP contribution in [-0.4, -0.2) is 40.8 Å². The monoisotopic (exact) mass is 329 g/mol. The van der Waals surface area contributed by atoms with Gasteiger partial charge in [-0.15, -0.1) is 0 Å². The second-order valence-corrected chi connectivity index (χ2v) is 10.2. The highest BCUT2D eigenvalue weighted by Gasteiger charge is 2.83. The normalized spacial score (nSPS) is 66.0. The summed E-state index contributed by atoms with van der Waals surface area (Å²) in [7, 11) is 0. The average molecular weight is 329 g/mol. The summed E-state index contributed by atoms with van der Waals surface area (Å²) in [5.74, 6) is 1.03. The maximum absolute atomic E-state index is 12.8. The van der Waals surface area contributed by atoms with Crippen molar-refractivity contribution in [2.24, 2.45) is 39.9 Å². The van der Waals surface area contributed by atoms with E-state index in [9.17, 15) is 15.0 Å². The van der Waals surface area contributed by atoms with Crippen molar-refractivity contribution < 1.29 is 15.0 Å². The highest BCUT2D eigenvalue weighted by Crippen LogP contribution is 2.81. The molecule has 6 saturated carbocycles. The number of nitrogens with one attached hydrogen (secondary N) is 1. The first-order valence-electron chi connectivity index (χ1n) is 9.64. The molecule has 0 unspecified atom stereocenters. The molecule has 2 spiro atoms. The number of piperidine rings is 1. The van der Waals surface area contributed by atoms with E-state index in [1.54, 1.807) is 0 Å². The Morgan fingerprint density at radius 2 is 2.00 bits per heavy atom. The maximum Gasteiger partial charge on any atom is 0.134 e. The van der Waals surface area contributed by atoms with Gasteiger partial charge in [0.25, 0.3) is 0 Å². The van der Waals surface area contributed by atoms with Crippen LogP contribution in [0.4, 0.5) is 0 Å². The summed E-state index contributed by atoms with van der Waals surface area (Å²) in [6.07, 6.45) is 3.42. The van der Waals surface area contributed by atoms with Crippen molar-refractivity contribution in [2.75, 3.05) is 6.54 Å². The molecule has 7 aliphatic rings. The fraction of sp³-hybridized carbons (Fsp3) is 0.850. The molecule has 7 fully saturated rings. The van der Waals surface area contributed by atoms with Gasteiger partial charge in [0, 0.05) is 42.7 Å². The summed E-state index contributed by atoms with van der Waals surface area (Å²) >= 11 is 0. The number of carbonyl (C=O) groups is 1. The van der Waals surface area contributed by atoms with E-state index in [0.717, 1.165) is 31.4 Å². The van der Waals surface area contributed by atoms with Crippen LogP contribution in [0.5, 0.6) is 0 Å². The molecule has 6 aliphatic carbocycles. The molecule has 1 aliphatic heterocycles. The van der Waals surface area contributed by atoms with E-state index in [1.165, 1.54) is 0 Å². The average Bonchev–Trinajstić information content (AvgIpc) is 2.61. The van der Waals surface area contributed by atoms with Gasteiger partial charge in [-0.05, 0) is 41.9 Å². The second kappa shape index (κ2) is 3.84. The lowest BCUT2D eigenvalue weighted by Crippen LogP contribution is -2.69. The Morgan fingerprint density at radius 3 is 2.79 bits per heavy atom. The van der Waals surface area contributed by atoms with Crippen molar-refractivity contribution >= 4 is 5.78 Å². The standard InChI is InChI=1S/C20H27NO3/c1-9-5-19-4-3-11-18(2)6-10(22)7-20(11)16(19)15(24)12(9)14(23)13(19)17(20)21-8-18/h11-17,21,23-24H,1,3-8H2,2H3/t11-,12+,13-,14-,15-,16-,17-,18+,19-,20+/m1/s1. The number of aliphatic hydroxyl groups excluding tert-OH is 2. The quantitative estimate of drug-likeness (QED) is 0.586. The number of ketones is 1. The number of rotatable bonds is 0. The third-order valence-corrected chi connectivity index (χ3v) is 9.49. The first kappa shape index (κ1) is 14.5. The lowest BCUT2D eigenvalue weighted by atomic mass is 9.39. The molecule has 0 aromatic heterocycles. The number of Topliss-reactive ketones (excluding diaryl/α,β-unsaturated/α-hetero) is 1. The molecule has 4 nitrogen and oxygen atoms in total. The van der Waals surface area contributed by atoms with E-state index < -0.39 is 12.2 Å². The van der Waals surface area contributed by atoms with Crippen LogP contribution in [0.2, 0.25) is 0 Å². The molecule has 6 bridgehead atoms. The van der Waals surface area contributed by atoms with Gasteiger partial charge in [-0.2, -0.15) is 0 Å². The van der Waals surface area contributed by atoms with Crippen molar-refractivity contribution in [2.45, 2.75) is 57.3 Å². The minimum Gasteiger partial charge on any atom is -0.392 e. The number of aliphatic hydroxyl groups is 2. The summed E-state index contributed by atoms with van der Waals surface area (Å²) in [6, 6.07) is 0.190. The van der Waals surface area contributed by atoms with Gasteiger partial charge in [0.1, 0.15) is 5.78 Å². The molecule has 130 valence electrons. The number of fused-ring (bicyclic) bond motifs is 1. The Kier molecular flexibility index (Phi) is 2.31. The number of hydrogen-bond acceptors (Lipinski definition) is 4. The van der Waals surface area contributed by atoms with Gasteiger partial charge >= 0.3 is 0 Å². The smallest absolute Gasteiger partial charge is 0.134 e. The van der Waals surface area contributed by atoms with Crippen LogP contribution in [0.25, 0.3) is 0 Å². The molecule has 0 radical (unpaired) electrons. The summed E-state index contributed by atoms with van der Waals surface area (Å²) in [6.45, 7) is 7.38. The van der Waals surface area contributed by atoms with Crippen molar-refractivity contribution in [1.82, 2.24) is 5.32 Å². The minimum atomic E-state index is -0.527. The fourth-order valence-corrected chi connectivity index (χ4v) is 9.37. The molecule has 7 rings (SSSR count). The van der Waals surface area contributed by atoms with E-state index in [1.807, 2.05) is 0 Å². The molecule has 10 atom stereocenters. The Labute approximate surface area is 142 Å². The van der Waals surface area contributed by atoms with Crippen LogP contribution in [0.1, 0.15) is 39.0 Å². The van der Waals surface area contributed by atoms with E-state index in [-0.39, 0.29) is 40.0 Å². The molecule has 0 amide bonds. The van der Waals surface area contributed by atoms with Crippen LogP contribution in [-0.2, 0) is 4.79 Å². The summed E-state index contributed by atoms with van der Waals surface area (Å²) in [5.41, 5.74) is 0.884. The first-order chi connectivity index (χ1) is 11.4. The number of carbonyl (C=O) groups excluding carboxylic acids is 1. The Hall–Kier alpha value is -0.710. The molecule has 0 aromatic carbocycles. The summed E-state index contributed by atoms with van der Waals surface area (Å²) in [5, 5.41) is 26.3. The SMILES string of the molecule is C=C1C[C@]23CC[C@@H]4[C@]5(C)CN[C@@H]6[C@H]2[C@H](O)[C@H]1[C@@H](O)[C@H]3[C@@]64CC(=O)C5. The van der Waals surface area contributed by atoms with Crippen LogP contribution in [0.3, 0.4) is 0 Å². The molecule has 0 aromatic rings. The highest BCUT2D eigenvalue weighted by atomic mass is 16.3. The van der Waals surface area contributed by atoms with Crippen LogP contribution >= 0.6 is 0 Å². The van der Waals surface area contributed by atoms with Gasteiger partial charge in [-0.25, -0.2) is 0 Å². The zero-order valence-corrected chi connectivity index (χ0v) is 14.3. The third kappa shape index (κ3) is 1.18. The van der Waals surface area contributed by atoms with Crippen molar-refractivity contribution in [3.63, 3.8) is 0 Å². The first-order valence-corrected chi connectivity index (χ1v) is 9.64. The van der Waals surface area contributed by atoms with E-state index >= 15 is 0 Å². The van der Waals surface area contributed by atoms with Crippen molar-refractivity contribution in [3.8, 4) is 0 Å². The molecular formula is C20H27NO3. The zero-order chi connectivity index (χ0) is 16.6. The Morgan fingerprint density at radius 1 is 1.21 bits per heavy atom. The topological polar surface area (TPSA) is 69.6 Å². The van der Waals surface area contributed by atoms with E-state index in [2.05, 4.69) is 18.8 Å². The second-order valence-electron chi connectivity index (χ2n) is 10.2. The lowest BCUT2D eigenvalue weighted by molar-refractivity contribution is -0.209. The molecule has 4 heteroatoms. The summed E-state index contributed by atoms with van der Waals surface area (Å²) < 4.78 is 0. The van der Waals surface area contributed by atoms with Gasteiger partial charge in [-0.3, -0.25) is 4.79 Å². The molecule has 1 saturated heterocycles. The highest BCUT2D eigenvalue weighted by molar-refractivity contribution is 5.82. The number of hydrogen-bond donors (Lipinski definition) is 3. The predicted molar refractivity (Wildman–Crippen MR) is 88.0 cm³/mol. The Bertz CT molecular complexity index is 690. The third-order valence-electron chi connectivity index (χ3n) is 9.49. The van der Waals surface area contributed by atoms with Gasteiger partial charge < -0.3 is 15.5 Å². The molecule has 3 N–H and O–H groups in total.